The van der Waals surface area contributed by atoms with E-state index in [9.17, 15) is 0 Å². The van der Waals surface area contributed by atoms with Crippen LogP contribution in [0.15, 0.2) is 23.7 Å². The lowest BCUT2D eigenvalue weighted by molar-refractivity contribution is 0.790. The van der Waals surface area contributed by atoms with E-state index in [-0.39, 0.29) is 5.95 Å². The van der Waals surface area contributed by atoms with Gasteiger partial charge in [0.2, 0.25) is 21.5 Å². The Morgan fingerprint density at radius 1 is 1.47 bits per heavy atom. The molecule has 0 amide bonds. The fourth-order valence-electron chi connectivity index (χ4n) is 1.74. The van der Waals surface area contributed by atoms with Crippen LogP contribution >= 0.6 is 20.4 Å². The Labute approximate surface area is 104 Å². The third kappa shape index (κ3) is 1.57. The fourth-order valence-corrected chi connectivity index (χ4v) is 3.20. The first-order valence-electron chi connectivity index (χ1n) is 4.90. The first-order chi connectivity index (χ1) is 8.16. The molecule has 3 heterocycles. The van der Waals surface area contributed by atoms with Gasteiger partial charge in [-0.05, 0) is 6.07 Å². The fraction of sp³-hybridized carbons (Fsp3) is 0.100. The van der Waals surface area contributed by atoms with Crippen LogP contribution in [-0.2, 0) is 7.05 Å². The first-order valence-corrected chi connectivity index (χ1v) is 7.01. The Morgan fingerprint density at radius 3 is 3.00 bits per heavy atom. The third-order valence-corrected chi connectivity index (χ3v) is 4.44. The van der Waals surface area contributed by atoms with Crippen molar-refractivity contribution in [2.45, 2.75) is 0 Å². The molecule has 1 unspecified atom stereocenters. The van der Waals surface area contributed by atoms with E-state index in [2.05, 4.69) is 15.1 Å². The summed E-state index contributed by atoms with van der Waals surface area (Å²) in [6, 6.07) is 3.90. The molecular formula is C10H9ClN5S+. The topological polar surface area (TPSA) is 69.6 Å². The number of aromatic nitrogens is 4. The Bertz CT molecular complexity index is 702. The van der Waals surface area contributed by atoms with Crippen LogP contribution in [-0.4, -0.2) is 19.7 Å². The predicted octanol–water partition coefficient (Wildman–Crippen LogP) is 2.36. The van der Waals surface area contributed by atoms with Crippen molar-refractivity contribution >= 4 is 37.3 Å². The van der Waals surface area contributed by atoms with Crippen LogP contribution in [0, 0.1) is 0 Å². The van der Waals surface area contributed by atoms with Crippen molar-refractivity contribution in [2.75, 3.05) is 5.73 Å². The van der Waals surface area contributed by atoms with Crippen LogP contribution in [0.1, 0.15) is 0 Å². The molecule has 0 spiro atoms. The summed E-state index contributed by atoms with van der Waals surface area (Å²) in [5.41, 5.74) is 7.11. The van der Waals surface area contributed by atoms with Gasteiger partial charge in [-0.1, -0.05) is 0 Å². The highest BCUT2D eigenvalue weighted by molar-refractivity contribution is 7.63. The van der Waals surface area contributed by atoms with Crippen molar-refractivity contribution in [3.8, 4) is 10.6 Å². The molecule has 3 aromatic rings. The minimum absolute atomic E-state index is 0.246. The van der Waals surface area contributed by atoms with Gasteiger partial charge in [-0.15, -0.1) is 0 Å². The number of aryl methyl sites for hydroxylation is 1. The van der Waals surface area contributed by atoms with Crippen molar-refractivity contribution in [1.29, 1.82) is 0 Å². The molecule has 7 heteroatoms. The van der Waals surface area contributed by atoms with Gasteiger partial charge in [0.1, 0.15) is 9.68 Å². The maximum atomic E-state index is 6.21. The minimum Gasteiger partial charge on any atom is -0.368 e. The molecule has 0 fully saturated rings. The summed E-state index contributed by atoms with van der Waals surface area (Å²) >= 11 is 0. The second kappa shape index (κ2) is 3.68. The van der Waals surface area contributed by atoms with Crippen molar-refractivity contribution < 1.29 is 0 Å². The Balaban J connectivity index is 2.35. The van der Waals surface area contributed by atoms with Crippen LogP contribution in [0.4, 0.5) is 5.95 Å². The number of hydrogen-bond donors (Lipinski definition) is 1. The van der Waals surface area contributed by atoms with E-state index in [1.165, 1.54) is 0 Å². The molecule has 0 bridgehead atoms. The van der Waals surface area contributed by atoms with Crippen LogP contribution in [0.3, 0.4) is 0 Å². The molecule has 3 aromatic heterocycles. The third-order valence-electron chi connectivity index (χ3n) is 2.49. The molecule has 0 saturated carbocycles. The van der Waals surface area contributed by atoms with Gasteiger partial charge >= 0.3 is 0 Å². The second-order valence-corrected chi connectivity index (χ2v) is 5.86. The Kier molecular flexibility index (Phi) is 2.27. The average Bonchev–Trinajstić information content (AvgIpc) is 2.84. The lowest BCUT2D eigenvalue weighted by atomic mass is 10.2. The highest BCUT2D eigenvalue weighted by Crippen LogP contribution is 2.39. The molecule has 0 aliphatic carbocycles. The standard InChI is InChI=1S/C10H9ClN5S/c1-16-9-6(5-13-10(12)14-9)8(15-16)7-3-2-4-17(7)11/h2-5H,1H3,(H2,12,13,14)/q+1. The van der Waals surface area contributed by atoms with Crippen molar-refractivity contribution in [3.05, 3.63) is 23.7 Å². The molecule has 3 rings (SSSR count). The predicted molar refractivity (Wildman–Crippen MR) is 69.9 cm³/mol. The van der Waals surface area contributed by atoms with Crippen molar-refractivity contribution in [1.82, 2.24) is 19.7 Å². The van der Waals surface area contributed by atoms with E-state index in [1.807, 2.05) is 24.6 Å². The van der Waals surface area contributed by atoms with Crippen molar-refractivity contribution in [3.63, 3.8) is 0 Å². The van der Waals surface area contributed by atoms with Gasteiger partial charge in [0, 0.05) is 19.3 Å². The molecular weight excluding hydrogens is 258 g/mol. The number of rotatable bonds is 1. The van der Waals surface area contributed by atoms with Crippen LogP contribution < -0.4 is 5.73 Å². The molecule has 0 aliphatic rings. The lowest BCUT2D eigenvalue weighted by Gasteiger charge is -1.93. The van der Waals surface area contributed by atoms with E-state index in [0.717, 1.165) is 16.0 Å². The number of fused-ring (bicyclic) bond motifs is 1. The van der Waals surface area contributed by atoms with Crippen molar-refractivity contribution in [2.24, 2.45) is 7.05 Å². The maximum Gasteiger partial charge on any atom is 0.222 e. The van der Waals surface area contributed by atoms with Crippen LogP contribution in [0.25, 0.3) is 21.6 Å². The van der Waals surface area contributed by atoms with Gasteiger partial charge in [0.25, 0.3) is 0 Å². The van der Waals surface area contributed by atoms with E-state index in [1.54, 1.807) is 10.9 Å². The maximum absolute atomic E-state index is 6.21. The first kappa shape index (κ1) is 10.5. The van der Waals surface area contributed by atoms with E-state index in [0.29, 0.717) is 5.65 Å². The van der Waals surface area contributed by atoms with Gasteiger partial charge in [-0.2, -0.15) is 10.1 Å². The highest BCUT2D eigenvalue weighted by atomic mass is 35.7. The van der Waals surface area contributed by atoms with E-state index < -0.39 is 9.68 Å². The highest BCUT2D eigenvalue weighted by Gasteiger charge is 2.21. The zero-order valence-corrected chi connectivity index (χ0v) is 10.5. The number of nitrogen functional groups attached to an aromatic ring is 1. The van der Waals surface area contributed by atoms with Gasteiger partial charge < -0.3 is 5.73 Å². The molecule has 86 valence electrons. The largest absolute Gasteiger partial charge is 0.368 e. The summed E-state index contributed by atoms with van der Waals surface area (Å²) in [5, 5.41) is 7.25. The summed E-state index contributed by atoms with van der Waals surface area (Å²) in [6.07, 6.45) is 1.69. The molecule has 0 aromatic carbocycles. The second-order valence-electron chi connectivity index (χ2n) is 3.58. The van der Waals surface area contributed by atoms with Gasteiger partial charge in [0.05, 0.1) is 5.39 Å². The summed E-state index contributed by atoms with van der Waals surface area (Å²) in [7, 11) is 7.62. The normalized spacial score (nSPS) is 12.2. The SMILES string of the molecule is Cn1nc(-c2ccc[s+]2Cl)c2cnc(N)nc21. The van der Waals surface area contributed by atoms with Gasteiger partial charge in [0.15, 0.2) is 16.7 Å². The number of thiophene rings is 1. The summed E-state index contributed by atoms with van der Waals surface area (Å²) in [6.45, 7) is 0. The Morgan fingerprint density at radius 2 is 2.29 bits per heavy atom. The minimum atomic E-state index is -0.420. The smallest absolute Gasteiger partial charge is 0.222 e. The Hall–Kier alpha value is -1.66. The quantitative estimate of drug-likeness (QED) is 0.687. The zero-order chi connectivity index (χ0) is 12.0. The number of nitrogens with two attached hydrogens (primary N) is 1. The molecule has 0 aliphatic heterocycles. The number of nitrogens with zero attached hydrogens (tertiary/aromatic N) is 4. The summed E-state index contributed by atoms with van der Waals surface area (Å²) in [5.74, 6) is 0.246. The van der Waals surface area contributed by atoms with E-state index in [4.69, 9.17) is 16.4 Å². The summed E-state index contributed by atoms with van der Waals surface area (Å²) in [4.78, 5) is 9.17. The lowest BCUT2D eigenvalue weighted by Crippen LogP contribution is -1.97. The van der Waals surface area contributed by atoms with Crippen LogP contribution in [0.5, 0.6) is 0 Å². The van der Waals surface area contributed by atoms with Crippen LogP contribution in [0.2, 0.25) is 0 Å². The number of anilines is 1. The average molecular weight is 267 g/mol. The molecule has 0 saturated heterocycles. The number of halogens is 1. The monoisotopic (exact) mass is 266 g/mol. The molecule has 1 atom stereocenters. The van der Waals surface area contributed by atoms with Gasteiger partial charge in [-0.25, -0.2) is 9.67 Å². The van der Waals surface area contributed by atoms with E-state index >= 15 is 0 Å². The molecule has 0 radical (unpaired) electrons. The van der Waals surface area contributed by atoms with Gasteiger partial charge in [-0.3, -0.25) is 0 Å². The summed E-state index contributed by atoms with van der Waals surface area (Å²) < 4.78 is 1.69. The molecule has 17 heavy (non-hydrogen) atoms. The zero-order valence-electron chi connectivity index (χ0n) is 8.96. The molecule has 2 N–H and O–H groups in total. The molecule has 5 nitrogen and oxygen atoms in total. The number of hydrogen-bond acceptors (Lipinski definition) is 4.